The van der Waals surface area contributed by atoms with E-state index < -0.39 is 5.97 Å². The van der Waals surface area contributed by atoms with Crippen LogP contribution in [0.5, 0.6) is 0 Å². The molecule has 0 saturated heterocycles. The Balaban J connectivity index is 4.31. The van der Waals surface area contributed by atoms with E-state index in [0.29, 0.717) is 12.8 Å². The van der Waals surface area contributed by atoms with Gasteiger partial charge in [0.05, 0.1) is 0 Å². The van der Waals surface area contributed by atoms with Crippen LogP contribution in [0, 0.1) is 0 Å². The van der Waals surface area contributed by atoms with Gasteiger partial charge in [-0.15, -0.1) is 0 Å². The largest absolute Gasteiger partial charge is 0.480 e. The number of ether oxygens (including phenoxy) is 1. The van der Waals surface area contributed by atoms with Crippen molar-refractivity contribution in [1.29, 1.82) is 0 Å². The number of nitrogens with one attached hydrogen (secondary N) is 1. The zero-order valence-corrected chi connectivity index (χ0v) is 33.1. The van der Waals surface area contributed by atoms with Gasteiger partial charge in [0.1, 0.15) is 12.6 Å². The van der Waals surface area contributed by atoms with Crippen molar-refractivity contribution in [3.8, 4) is 0 Å². The van der Waals surface area contributed by atoms with Gasteiger partial charge < -0.3 is 15.2 Å². The van der Waals surface area contributed by atoms with Gasteiger partial charge in [0.25, 0.3) is 0 Å². The highest BCUT2D eigenvalue weighted by Crippen LogP contribution is 2.17. The summed E-state index contributed by atoms with van der Waals surface area (Å²) in [7, 11) is 0. The number of hydrogen-bond donors (Lipinski definition) is 2. The number of carbonyl (C=O) groups excluding carboxylic acids is 2. The highest BCUT2D eigenvalue weighted by Gasteiger charge is 2.14. The van der Waals surface area contributed by atoms with E-state index in [1.165, 1.54) is 32.1 Å². The van der Waals surface area contributed by atoms with Crippen LogP contribution in [0.15, 0.2) is 85.1 Å². The van der Waals surface area contributed by atoms with Gasteiger partial charge in [0, 0.05) is 12.8 Å². The number of hydrogen-bond acceptors (Lipinski definition) is 4. The molecule has 6 nitrogen and oxygen atoms in total. The normalized spacial score (nSPS) is 13.0. The standard InChI is InChI=1S/C46H75NO5/c1-3-5-7-9-11-13-15-17-18-19-20-22-24-26-28-33-37-41-46(51)52-43(39-35-31-29-32-36-40-44(48)47-42-45(49)50)38-34-30-27-25-23-21-16-14-12-10-8-6-4-2/h5-8,11-14,17-18,21,23,27,30,43H,3-4,9-10,15-16,19-20,22,24-26,28-29,31-42H2,1-2H3,(H,47,48)(H,49,50)/b7-5-,8-6-,13-11-,14-12-,18-17-,23-21-,30-27-. The molecule has 0 aliphatic carbocycles. The van der Waals surface area contributed by atoms with Crippen molar-refractivity contribution in [2.24, 2.45) is 0 Å². The Morgan fingerprint density at radius 2 is 0.923 bits per heavy atom. The van der Waals surface area contributed by atoms with Crippen LogP contribution in [0.2, 0.25) is 0 Å². The molecule has 0 fully saturated rings. The highest BCUT2D eigenvalue weighted by molar-refractivity contribution is 5.80. The minimum atomic E-state index is -1.03. The van der Waals surface area contributed by atoms with E-state index >= 15 is 0 Å². The van der Waals surface area contributed by atoms with E-state index in [-0.39, 0.29) is 24.5 Å². The molecular weight excluding hydrogens is 647 g/mol. The molecule has 2 N–H and O–H groups in total. The van der Waals surface area contributed by atoms with Crippen molar-refractivity contribution in [2.75, 3.05) is 6.54 Å². The third kappa shape index (κ3) is 39.4. The molecule has 0 aliphatic rings. The second-order valence-electron chi connectivity index (χ2n) is 13.5. The molecule has 0 spiro atoms. The second kappa shape index (κ2) is 40.4. The summed E-state index contributed by atoms with van der Waals surface area (Å²) < 4.78 is 5.98. The molecule has 1 unspecified atom stereocenters. The first-order chi connectivity index (χ1) is 25.5. The molecule has 0 radical (unpaired) electrons. The maximum absolute atomic E-state index is 12.7. The first-order valence-electron chi connectivity index (χ1n) is 20.7. The number of esters is 1. The van der Waals surface area contributed by atoms with E-state index in [0.717, 1.165) is 116 Å². The van der Waals surface area contributed by atoms with Gasteiger partial charge in [0.15, 0.2) is 0 Å². The Labute approximate surface area is 318 Å². The minimum absolute atomic E-state index is 0.0607. The zero-order chi connectivity index (χ0) is 38.0. The average molecular weight is 722 g/mol. The molecule has 6 heteroatoms. The number of carboxylic acid groups (broad SMARTS) is 1. The molecule has 1 amide bonds. The maximum atomic E-state index is 12.7. The van der Waals surface area contributed by atoms with E-state index in [1.54, 1.807) is 0 Å². The SMILES string of the molecule is CC/C=C\C/C=C\C/C=C\C/C=C\CCC(CCCCCCCC(=O)NCC(=O)O)OC(=O)CCCCCCCCC/C=C\C/C=C\C/C=C\CC. The lowest BCUT2D eigenvalue weighted by atomic mass is 10.0. The van der Waals surface area contributed by atoms with Crippen molar-refractivity contribution in [1.82, 2.24) is 5.32 Å². The van der Waals surface area contributed by atoms with Crippen molar-refractivity contribution >= 4 is 17.8 Å². The Hall–Kier alpha value is -3.41. The zero-order valence-electron chi connectivity index (χ0n) is 33.1. The van der Waals surface area contributed by atoms with Gasteiger partial charge >= 0.3 is 11.9 Å². The fourth-order valence-corrected chi connectivity index (χ4v) is 5.58. The lowest BCUT2D eigenvalue weighted by Gasteiger charge is -2.17. The molecule has 0 saturated carbocycles. The summed E-state index contributed by atoms with van der Waals surface area (Å²) in [6, 6.07) is 0. The summed E-state index contributed by atoms with van der Waals surface area (Å²) in [5.74, 6) is -1.30. The monoisotopic (exact) mass is 722 g/mol. The fraction of sp³-hybridized carbons (Fsp3) is 0.630. The molecule has 0 aromatic heterocycles. The van der Waals surface area contributed by atoms with Gasteiger partial charge in [-0.2, -0.15) is 0 Å². The summed E-state index contributed by atoms with van der Waals surface area (Å²) in [6.07, 6.45) is 55.6. The Bertz CT molecular complexity index is 1060. The number of rotatable bonds is 36. The third-order valence-corrected chi connectivity index (χ3v) is 8.57. The van der Waals surface area contributed by atoms with Crippen LogP contribution in [0.25, 0.3) is 0 Å². The summed E-state index contributed by atoms with van der Waals surface area (Å²) >= 11 is 0. The molecule has 0 aliphatic heterocycles. The average Bonchev–Trinajstić information content (AvgIpc) is 3.13. The molecule has 294 valence electrons. The smallest absolute Gasteiger partial charge is 0.322 e. The van der Waals surface area contributed by atoms with Crippen LogP contribution in [0.4, 0.5) is 0 Å². The van der Waals surface area contributed by atoms with Crippen LogP contribution in [-0.2, 0) is 19.1 Å². The molecule has 1 atom stereocenters. The van der Waals surface area contributed by atoms with Crippen LogP contribution in [0.3, 0.4) is 0 Å². The number of amides is 1. The van der Waals surface area contributed by atoms with E-state index in [9.17, 15) is 14.4 Å². The van der Waals surface area contributed by atoms with Crippen molar-refractivity contribution < 1.29 is 24.2 Å². The predicted octanol–water partition coefficient (Wildman–Crippen LogP) is 12.8. The number of unbranched alkanes of at least 4 members (excludes halogenated alkanes) is 11. The van der Waals surface area contributed by atoms with Crippen LogP contribution < -0.4 is 5.32 Å². The first kappa shape index (κ1) is 48.6. The van der Waals surface area contributed by atoms with Crippen LogP contribution >= 0.6 is 0 Å². The topological polar surface area (TPSA) is 92.7 Å². The second-order valence-corrected chi connectivity index (χ2v) is 13.5. The molecular formula is C46H75NO5. The number of allylic oxidation sites excluding steroid dienone is 14. The molecule has 52 heavy (non-hydrogen) atoms. The van der Waals surface area contributed by atoms with E-state index in [1.807, 2.05) is 0 Å². The van der Waals surface area contributed by atoms with Crippen molar-refractivity contribution in [3.63, 3.8) is 0 Å². The molecule has 0 aromatic carbocycles. The van der Waals surface area contributed by atoms with Crippen molar-refractivity contribution in [3.05, 3.63) is 85.1 Å². The molecule has 0 bridgehead atoms. The fourth-order valence-electron chi connectivity index (χ4n) is 5.58. The third-order valence-electron chi connectivity index (χ3n) is 8.57. The first-order valence-corrected chi connectivity index (χ1v) is 20.7. The quantitative estimate of drug-likeness (QED) is 0.0382. The summed E-state index contributed by atoms with van der Waals surface area (Å²) in [5, 5.41) is 11.1. The van der Waals surface area contributed by atoms with Gasteiger partial charge in [-0.3, -0.25) is 14.4 Å². The number of carboxylic acids is 1. The minimum Gasteiger partial charge on any atom is -0.480 e. The predicted molar refractivity (Wildman–Crippen MR) is 221 cm³/mol. The molecule has 0 heterocycles. The molecule has 0 rings (SSSR count). The molecule has 0 aromatic rings. The summed E-state index contributed by atoms with van der Waals surface area (Å²) in [6.45, 7) is 3.98. The van der Waals surface area contributed by atoms with Gasteiger partial charge in [-0.25, -0.2) is 0 Å². The highest BCUT2D eigenvalue weighted by atomic mass is 16.5. The lowest BCUT2D eigenvalue weighted by molar-refractivity contribution is -0.150. The summed E-state index contributed by atoms with van der Waals surface area (Å²) in [5.41, 5.74) is 0. The lowest BCUT2D eigenvalue weighted by Crippen LogP contribution is -2.28. The van der Waals surface area contributed by atoms with Gasteiger partial charge in [-0.05, 0) is 96.3 Å². The number of aliphatic carboxylic acids is 1. The van der Waals surface area contributed by atoms with Gasteiger partial charge in [-0.1, -0.05) is 150 Å². The number of carbonyl (C=O) groups is 3. The Morgan fingerprint density at radius 1 is 0.500 bits per heavy atom. The van der Waals surface area contributed by atoms with Gasteiger partial charge in [0.2, 0.25) is 5.91 Å². The Kier molecular flexibility index (Phi) is 37.7. The van der Waals surface area contributed by atoms with E-state index in [4.69, 9.17) is 9.84 Å². The Morgan fingerprint density at radius 3 is 1.44 bits per heavy atom. The van der Waals surface area contributed by atoms with E-state index in [2.05, 4.69) is 104 Å². The summed E-state index contributed by atoms with van der Waals surface area (Å²) in [4.78, 5) is 35.0. The van der Waals surface area contributed by atoms with Crippen LogP contribution in [0.1, 0.15) is 174 Å². The maximum Gasteiger partial charge on any atom is 0.322 e. The van der Waals surface area contributed by atoms with Crippen LogP contribution in [-0.4, -0.2) is 35.6 Å². The van der Waals surface area contributed by atoms with Crippen molar-refractivity contribution in [2.45, 2.75) is 180 Å².